The number of carbonyl (C=O) groups is 2. The molecule has 2 heterocycles. The van der Waals surface area contributed by atoms with Gasteiger partial charge in [0, 0.05) is 32.0 Å². The Kier molecular flexibility index (Phi) is 10.2. The van der Waals surface area contributed by atoms with Crippen LogP contribution < -0.4 is 10.6 Å². The van der Waals surface area contributed by atoms with Crippen LogP contribution in [0.4, 0.5) is 24.7 Å². The molecule has 2 amide bonds. The standard InChI is InChI=1S/C24H22ClF3N10O3/c1-13-8-14(11-29)9-16(21(39)32-6-7-41-2)19(13)34-22(40)18(33-20-17(25)4-3-5-31-20)10-15(30)12-38-23(24(26,27)28)35-36-37-38/h3-5,8-9,30H,6-7,10,12H2,1-2H3,(H,32,39)(H,34,40). The second-order valence-electron chi connectivity index (χ2n) is 8.34. The molecule has 0 spiro atoms. The van der Waals surface area contributed by atoms with Crippen molar-refractivity contribution in [1.82, 2.24) is 30.5 Å². The number of carbonyl (C=O) groups excluding carboxylic acids is 2. The van der Waals surface area contributed by atoms with Crippen molar-refractivity contribution in [1.29, 1.82) is 10.7 Å². The van der Waals surface area contributed by atoms with Crippen LogP contribution in [-0.4, -0.2) is 68.7 Å². The molecule has 41 heavy (non-hydrogen) atoms. The van der Waals surface area contributed by atoms with Gasteiger partial charge in [0.2, 0.25) is 0 Å². The van der Waals surface area contributed by atoms with Crippen LogP contribution in [0.2, 0.25) is 5.02 Å². The van der Waals surface area contributed by atoms with E-state index < -0.39 is 42.5 Å². The summed E-state index contributed by atoms with van der Waals surface area (Å²) in [5.74, 6) is -3.01. The summed E-state index contributed by atoms with van der Waals surface area (Å²) in [6.07, 6.45) is -4.07. The Morgan fingerprint density at radius 2 is 2.07 bits per heavy atom. The number of nitrogens with one attached hydrogen (secondary N) is 3. The summed E-state index contributed by atoms with van der Waals surface area (Å²) in [5.41, 5.74) is -0.210. The van der Waals surface area contributed by atoms with E-state index in [0.29, 0.717) is 10.2 Å². The zero-order valence-corrected chi connectivity index (χ0v) is 22.3. The number of nitriles is 1. The van der Waals surface area contributed by atoms with Crippen molar-refractivity contribution in [2.75, 3.05) is 25.6 Å². The number of nitrogens with zero attached hydrogens (tertiary/aromatic N) is 7. The Labute approximate surface area is 235 Å². The number of halogens is 4. The summed E-state index contributed by atoms with van der Waals surface area (Å²) in [6.45, 7) is 1.23. The van der Waals surface area contributed by atoms with Crippen LogP contribution >= 0.6 is 11.6 Å². The lowest BCUT2D eigenvalue weighted by Gasteiger charge is -2.16. The number of hydrogen-bond donors (Lipinski definition) is 3. The molecule has 0 fully saturated rings. The molecule has 0 bridgehead atoms. The summed E-state index contributed by atoms with van der Waals surface area (Å²) in [7, 11) is 1.45. The van der Waals surface area contributed by atoms with E-state index >= 15 is 0 Å². The number of amides is 2. The molecule has 3 rings (SSSR count). The van der Waals surface area contributed by atoms with Gasteiger partial charge in [0.15, 0.2) is 5.82 Å². The maximum absolute atomic E-state index is 13.5. The Bertz CT molecular complexity index is 1530. The van der Waals surface area contributed by atoms with Gasteiger partial charge in [0.25, 0.3) is 17.6 Å². The summed E-state index contributed by atoms with van der Waals surface area (Å²) in [5, 5.41) is 32.1. The van der Waals surface area contributed by atoms with Crippen molar-refractivity contribution in [3.63, 3.8) is 0 Å². The predicted molar refractivity (Wildman–Crippen MR) is 140 cm³/mol. The van der Waals surface area contributed by atoms with Crippen molar-refractivity contribution < 1.29 is 27.5 Å². The summed E-state index contributed by atoms with van der Waals surface area (Å²) >= 11 is 6.14. The molecule has 214 valence electrons. The van der Waals surface area contributed by atoms with Crippen LogP contribution in [0, 0.1) is 23.7 Å². The molecule has 0 saturated carbocycles. The molecule has 0 aliphatic heterocycles. The van der Waals surface area contributed by atoms with E-state index in [1.54, 1.807) is 6.92 Å². The number of tetrazole rings is 1. The van der Waals surface area contributed by atoms with Gasteiger partial charge in [-0.3, -0.25) is 9.59 Å². The summed E-state index contributed by atoms with van der Waals surface area (Å²) in [6, 6.07) is 7.66. The van der Waals surface area contributed by atoms with E-state index in [2.05, 4.69) is 36.1 Å². The molecule has 0 atom stereocenters. The van der Waals surface area contributed by atoms with Crippen LogP contribution in [0.25, 0.3) is 0 Å². The Morgan fingerprint density at radius 3 is 2.73 bits per heavy atom. The average molecular weight is 591 g/mol. The maximum atomic E-state index is 13.5. The highest BCUT2D eigenvalue weighted by molar-refractivity contribution is 6.46. The molecule has 0 aliphatic rings. The SMILES string of the molecule is COCCNC(=O)c1cc(C#N)cc(C)c1NC(=O)C(CC(=N)Cn1nnnc1C(F)(F)F)=Nc1ncccc1Cl. The molecule has 13 nitrogen and oxygen atoms in total. The number of aryl methyl sites for hydroxylation is 1. The van der Waals surface area contributed by atoms with E-state index in [1.165, 1.54) is 37.6 Å². The molecular weight excluding hydrogens is 569 g/mol. The van der Waals surface area contributed by atoms with Crippen LogP contribution in [0.5, 0.6) is 0 Å². The zero-order valence-electron chi connectivity index (χ0n) is 21.6. The van der Waals surface area contributed by atoms with E-state index in [4.69, 9.17) is 21.7 Å². The minimum absolute atomic E-state index is 0.0280. The normalized spacial score (nSPS) is 11.6. The minimum atomic E-state index is -4.87. The number of aromatic nitrogens is 5. The number of anilines is 1. The Balaban J connectivity index is 1.97. The first-order valence-electron chi connectivity index (χ1n) is 11.7. The van der Waals surface area contributed by atoms with Crippen LogP contribution in [0.3, 0.4) is 0 Å². The number of ether oxygens (including phenoxy) is 1. The highest BCUT2D eigenvalue weighted by Gasteiger charge is 2.38. The lowest BCUT2D eigenvalue weighted by Crippen LogP contribution is -2.31. The molecule has 0 aliphatic carbocycles. The summed E-state index contributed by atoms with van der Waals surface area (Å²) < 4.78 is 44.9. The van der Waals surface area contributed by atoms with Crippen LogP contribution in [-0.2, 0) is 22.3 Å². The third-order valence-electron chi connectivity index (χ3n) is 5.29. The second-order valence-corrected chi connectivity index (χ2v) is 8.74. The fourth-order valence-corrected chi connectivity index (χ4v) is 3.62. The monoisotopic (exact) mass is 590 g/mol. The fourth-order valence-electron chi connectivity index (χ4n) is 3.46. The predicted octanol–water partition coefficient (Wildman–Crippen LogP) is 3.12. The van der Waals surface area contributed by atoms with E-state index in [-0.39, 0.29) is 46.5 Å². The van der Waals surface area contributed by atoms with Gasteiger partial charge in [0.05, 0.1) is 41.1 Å². The first-order valence-corrected chi connectivity index (χ1v) is 12.0. The highest BCUT2D eigenvalue weighted by Crippen LogP contribution is 2.27. The highest BCUT2D eigenvalue weighted by atomic mass is 35.5. The van der Waals surface area contributed by atoms with Gasteiger partial charge < -0.3 is 20.8 Å². The number of alkyl halides is 3. The number of aliphatic imine (C=N–C) groups is 1. The van der Waals surface area contributed by atoms with Crippen LogP contribution in [0.15, 0.2) is 35.5 Å². The lowest BCUT2D eigenvalue weighted by atomic mass is 10.0. The first kappa shape index (κ1) is 30.8. The molecule has 0 saturated heterocycles. The largest absolute Gasteiger partial charge is 0.453 e. The molecule has 1 aromatic carbocycles. The number of pyridine rings is 1. The van der Waals surface area contributed by atoms with Gasteiger partial charge in [-0.25, -0.2) is 14.7 Å². The Morgan fingerprint density at radius 1 is 1.32 bits per heavy atom. The maximum Gasteiger partial charge on any atom is 0.453 e. The van der Waals surface area contributed by atoms with Crippen molar-refractivity contribution >= 4 is 46.3 Å². The van der Waals surface area contributed by atoms with Crippen molar-refractivity contribution in [3.8, 4) is 6.07 Å². The zero-order chi connectivity index (χ0) is 30.2. The lowest BCUT2D eigenvalue weighted by molar-refractivity contribution is -0.147. The van der Waals surface area contributed by atoms with Crippen molar-refractivity contribution in [3.05, 3.63) is 58.0 Å². The summed E-state index contributed by atoms with van der Waals surface area (Å²) in [4.78, 5) is 34.5. The number of rotatable bonds is 11. The third-order valence-corrected chi connectivity index (χ3v) is 5.58. The molecule has 3 N–H and O–H groups in total. The van der Waals surface area contributed by atoms with Gasteiger partial charge in [-0.15, -0.1) is 5.10 Å². The molecule has 0 radical (unpaired) electrons. The number of hydrogen-bond acceptors (Lipinski definition) is 10. The molecular formula is C24H22ClF3N10O3. The molecule has 17 heteroatoms. The molecule has 3 aromatic rings. The van der Waals surface area contributed by atoms with E-state index in [1.807, 2.05) is 6.07 Å². The average Bonchev–Trinajstić information content (AvgIpc) is 3.39. The van der Waals surface area contributed by atoms with Gasteiger partial charge in [-0.2, -0.15) is 18.4 Å². The minimum Gasteiger partial charge on any atom is -0.383 e. The fraction of sp³-hybridized carbons (Fsp3) is 0.292. The van der Waals surface area contributed by atoms with Gasteiger partial charge in [-0.05, 0) is 47.2 Å². The van der Waals surface area contributed by atoms with Crippen molar-refractivity contribution in [2.45, 2.75) is 26.1 Å². The Hall–Kier alpha value is -4.75. The molecule has 0 unspecified atom stereocenters. The van der Waals surface area contributed by atoms with Gasteiger partial charge >= 0.3 is 6.18 Å². The topological polar surface area (TPSA) is 184 Å². The van der Waals surface area contributed by atoms with Gasteiger partial charge in [0.1, 0.15) is 5.71 Å². The van der Waals surface area contributed by atoms with Crippen LogP contribution in [0.1, 0.15) is 33.7 Å². The second kappa shape index (κ2) is 13.5. The quantitative estimate of drug-likeness (QED) is 0.225. The number of methoxy groups -OCH3 is 1. The van der Waals surface area contributed by atoms with E-state index in [0.717, 1.165) is 0 Å². The van der Waals surface area contributed by atoms with Gasteiger partial charge in [-0.1, -0.05) is 11.6 Å². The van der Waals surface area contributed by atoms with Crippen molar-refractivity contribution in [2.24, 2.45) is 4.99 Å². The third kappa shape index (κ3) is 8.13. The number of benzene rings is 1. The van der Waals surface area contributed by atoms with E-state index in [9.17, 15) is 28.0 Å². The molecule has 2 aromatic heterocycles. The smallest absolute Gasteiger partial charge is 0.383 e. The first-order chi connectivity index (χ1) is 19.4.